The Kier molecular flexibility index (Phi) is 5.15. The molecule has 2 fully saturated rings. The van der Waals surface area contributed by atoms with Crippen molar-refractivity contribution in [3.63, 3.8) is 0 Å². The van der Waals surface area contributed by atoms with Crippen LogP contribution >= 0.6 is 0 Å². The molecule has 33 heavy (non-hydrogen) atoms. The van der Waals surface area contributed by atoms with Crippen LogP contribution in [0.3, 0.4) is 0 Å². The maximum atomic E-state index is 13.3. The van der Waals surface area contributed by atoms with Crippen molar-refractivity contribution in [2.75, 3.05) is 23.3 Å². The number of urea groups is 1. The number of fused-ring (bicyclic) bond motifs is 1. The Labute approximate surface area is 191 Å². The number of aryl methyl sites for hydroxylation is 2. The van der Waals surface area contributed by atoms with Crippen LogP contribution in [-0.2, 0) is 32.8 Å². The molecule has 3 aliphatic rings. The largest absolute Gasteiger partial charge is 0.325 e. The lowest BCUT2D eigenvalue weighted by atomic mass is 9.89. The third-order valence-corrected chi connectivity index (χ3v) is 6.79. The number of amides is 5. The number of carbonyl (C=O) groups is 4. The minimum atomic E-state index is -1.21. The molecule has 2 aromatic carbocycles. The predicted molar refractivity (Wildman–Crippen MR) is 123 cm³/mol. The summed E-state index contributed by atoms with van der Waals surface area (Å²) < 4.78 is 0. The highest BCUT2D eigenvalue weighted by Gasteiger charge is 2.49. The fraction of sp³-hybridized carbons (Fsp3) is 0.360. The van der Waals surface area contributed by atoms with E-state index in [9.17, 15) is 19.2 Å². The molecule has 2 N–H and O–H groups in total. The van der Waals surface area contributed by atoms with Crippen LogP contribution in [0.2, 0.25) is 0 Å². The number of para-hydroxylation sites is 2. The van der Waals surface area contributed by atoms with Crippen LogP contribution in [0.25, 0.3) is 0 Å². The Balaban J connectivity index is 1.32. The number of nitrogens with one attached hydrogen (secondary N) is 2. The third kappa shape index (κ3) is 3.65. The minimum Gasteiger partial charge on any atom is -0.323 e. The highest BCUT2D eigenvalue weighted by Crippen LogP contribution is 2.33. The summed E-state index contributed by atoms with van der Waals surface area (Å²) >= 11 is 0. The zero-order valence-corrected chi connectivity index (χ0v) is 18.5. The molecule has 2 aromatic rings. The van der Waals surface area contributed by atoms with E-state index < -0.39 is 29.9 Å². The molecular weight excluding hydrogens is 420 g/mol. The monoisotopic (exact) mass is 446 g/mol. The van der Waals surface area contributed by atoms with E-state index in [2.05, 4.69) is 10.6 Å². The molecule has 5 amide bonds. The molecule has 0 radical (unpaired) electrons. The minimum absolute atomic E-state index is 0.0101. The normalized spacial score (nSPS) is 22.0. The maximum absolute atomic E-state index is 13.3. The van der Waals surface area contributed by atoms with Crippen molar-refractivity contribution >= 4 is 35.1 Å². The summed E-state index contributed by atoms with van der Waals surface area (Å²) in [6, 6.07) is 12.4. The van der Waals surface area contributed by atoms with Gasteiger partial charge in [-0.3, -0.25) is 19.3 Å². The van der Waals surface area contributed by atoms with Crippen LogP contribution in [-0.4, -0.2) is 41.7 Å². The van der Waals surface area contributed by atoms with Crippen LogP contribution in [0.4, 0.5) is 16.2 Å². The first kappa shape index (κ1) is 21.2. The van der Waals surface area contributed by atoms with Gasteiger partial charge >= 0.3 is 6.03 Å². The Bertz CT molecular complexity index is 1180. The summed E-state index contributed by atoms with van der Waals surface area (Å²) in [6.45, 7) is 1.86. The average molecular weight is 447 g/mol. The first-order valence-corrected chi connectivity index (χ1v) is 11.3. The standard InChI is InChI=1S/C25H26N4O4/c1-25(18-12-11-16-6-4-7-17(16)14-18)23(32)29(24(33)27-25)15-21(30)26-19-8-2-3-9-20(19)28-13-5-10-22(28)31/h2-3,8-9,11-12,14H,4-7,10,13,15H2,1H3,(H,26,30)(H,27,33). The maximum Gasteiger partial charge on any atom is 0.325 e. The summed E-state index contributed by atoms with van der Waals surface area (Å²) in [5, 5.41) is 5.54. The van der Waals surface area contributed by atoms with E-state index in [1.165, 1.54) is 11.1 Å². The molecule has 170 valence electrons. The predicted octanol–water partition coefficient (Wildman–Crippen LogP) is 2.71. The molecule has 2 saturated heterocycles. The average Bonchev–Trinajstić information content (AvgIpc) is 3.49. The molecule has 1 atom stereocenters. The number of nitrogens with zero attached hydrogens (tertiary/aromatic N) is 2. The summed E-state index contributed by atoms with van der Waals surface area (Å²) in [6.07, 6.45) is 4.33. The second-order valence-corrected chi connectivity index (χ2v) is 9.00. The fourth-order valence-electron chi connectivity index (χ4n) is 4.97. The lowest BCUT2D eigenvalue weighted by Crippen LogP contribution is -2.42. The van der Waals surface area contributed by atoms with Crippen LogP contribution in [0.15, 0.2) is 42.5 Å². The SMILES string of the molecule is CC1(c2ccc3c(c2)CCC3)NC(=O)N(CC(=O)Nc2ccccc2N2CCCC2=O)C1=O. The van der Waals surface area contributed by atoms with Crippen molar-refractivity contribution in [3.05, 3.63) is 59.2 Å². The van der Waals surface area contributed by atoms with Crippen molar-refractivity contribution in [3.8, 4) is 0 Å². The van der Waals surface area contributed by atoms with Gasteiger partial charge in [-0.25, -0.2) is 4.79 Å². The Morgan fingerprint density at radius 3 is 2.61 bits per heavy atom. The number of hydrogen-bond acceptors (Lipinski definition) is 4. The van der Waals surface area contributed by atoms with Crippen molar-refractivity contribution in [2.24, 2.45) is 0 Å². The lowest BCUT2D eigenvalue weighted by molar-refractivity contribution is -0.133. The van der Waals surface area contributed by atoms with Crippen molar-refractivity contribution in [1.82, 2.24) is 10.2 Å². The quantitative estimate of drug-likeness (QED) is 0.690. The molecule has 0 spiro atoms. The van der Waals surface area contributed by atoms with Crippen molar-refractivity contribution in [1.29, 1.82) is 0 Å². The summed E-state index contributed by atoms with van der Waals surface area (Å²) in [4.78, 5) is 53.5. The van der Waals surface area contributed by atoms with E-state index in [1.54, 1.807) is 36.1 Å². The molecule has 8 nitrogen and oxygen atoms in total. The van der Waals surface area contributed by atoms with Crippen LogP contribution in [0.5, 0.6) is 0 Å². The van der Waals surface area contributed by atoms with Gasteiger partial charge in [-0.05, 0) is 61.4 Å². The number of hydrogen-bond donors (Lipinski definition) is 2. The molecular formula is C25H26N4O4. The van der Waals surface area contributed by atoms with E-state index >= 15 is 0 Å². The van der Waals surface area contributed by atoms with Gasteiger partial charge < -0.3 is 15.5 Å². The van der Waals surface area contributed by atoms with E-state index in [0.29, 0.717) is 24.3 Å². The number of benzene rings is 2. The first-order valence-electron chi connectivity index (χ1n) is 11.3. The van der Waals surface area contributed by atoms with Crippen LogP contribution < -0.4 is 15.5 Å². The van der Waals surface area contributed by atoms with Gasteiger partial charge in [0.2, 0.25) is 11.8 Å². The number of imide groups is 1. The van der Waals surface area contributed by atoms with E-state index in [0.717, 1.165) is 36.1 Å². The van der Waals surface area contributed by atoms with Gasteiger partial charge in [-0.2, -0.15) is 0 Å². The second-order valence-electron chi connectivity index (χ2n) is 9.00. The van der Waals surface area contributed by atoms with Crippen molar-refractivity contribution < 1.29 is 19.2 Å². The fourth-order valence-corrected chi connectivity index (χ4v) is 4.97. The zero-order valence-electron chi connectivity index (χ0n) is 18.5. The van der Waals surface area contributed by atoms with Crippen LogP contribution in [0.1, 0.15) is 42.9 Å². The molecule has 8 heteroatoms. The van der Waals surface area contributed by atoms with E-state index in [-0.39, 0.29) is 5.91 Å². The van der Waals surface area contributed by atoms with Gasteiger partial charge in [0.05, 0.1) is 11.4 Å². The Morgan fingerprint density at radius 1 is 1.03 bits per heavy atom. The van der Waals surface area contributed by atoms with Gasteiger partial charge in [0.1, 0.15) is 12.1 Å². The smallest absolute Gasteiger partial charge is 0.323 e. The molecule has 0 saturated carbocycles. The van der Waals surface area contributed by atoms with E-state index in [1.807, 2.05) is 18.2 Å². The zero-order chi connectivity index (χ0) is 23.2. The number of carbonyl (C=O) groups excluding carboxylic acids is 4. The van der Waals surface area contributed by atoms with Gasteiger partial charge in [-0.15, -0.1) is 0 Å². The second kappa shape index (κ2) is 8.03. The molecule has 0 bridgehead atoms. The summed E-state index contributed by atoms with van der Waals surface area (Å²) in [5.74, 6) is -0.949. The topological polar surface area (TPSA) is 98.8 Å². The molecule has 1 unspecified atom stereocenters. The Hall–Kier alpha value is -3.68. The summed E-state index contributed by atoms with van der Waals surface area (Å²) in [7, 11) is 0. The molecule has 0 aromatic heterocycles. The number of rotatable bonds is 5. The lowest BCUT2D eigenvalue weighted by Gasteiger charge is -2.23. The van der Waals surface area contributed by atoms with Gasteiger partial charge in [0.15, 0.2) is 0 Å². The highest BCUT2D eigenvalue weighted by atomic mass is 16.2. The molecule has 2 heterocycles. The third-order valence-electron chi connectivity index (χ3n) is 6.79. The van der Waals surface area contributed by atoms with Crippen molar-refractivity contribution in [2.45, 2.75) is 44.6 Å². The van der Waals surface area contributed by atoms with Gasteiger partial charge in [0, 0.05) is 13.0 Å². The van der Waals surface area contributed by atoms with Gasteiger partial charge in [0.25, 0.3) is 5.91 Å². The summed E-state index contributed by atoms with van der Waals surface area (Å²) in [5.41, 5.74) is 3.10. The first-order chi connectivity index (χ1) is 15.9. The molecule has 1 aliphatic carbocycles. The Morgan fingerprint density at radius 2 is 1.82 bits per heavy atom. The molecule has 5 rings (SSSR count). The number of anilines is 2. The molecule has 2 aliphatic heterocycles. The van der Waals surface area contributed by atoms with E-state index in [4.69, 9.17) is 0 Å². The van der Waals surface area contributed by atoms with Crippen LogP contribution in [0, 0.1) is 0 Å². The highest BCUT2D eigenvalue weighted by molar-refractivity contribution is 6.11. The van der Waals surface area contributed by atoms with Gasteiger partial charge in [-0.1, -0.05) is 30.3 Å².